The van der Waals surface area contributed by atoms with Crippen molar-refractivity contribution >= 4 is 52.1 Å². The van der Waals surface area contributed by atoms with E-state index in [-0.39, 0.29) is 18.3 Å². The third-order valence-electron chi connectivity index (χ3n) is 3.51. The highest BCUT2D eigenvalue weighted by molar-refractivity contribution is 7.98. The largest absolute Gasteiger partial charge is 0.325 e. The van der Waals surface area contributed by atoms with Gasteiger partial charge in [-0.25, -0.2) is 4.98 Å². The zero-order valence-electron chi connectivity index (χ0n) is 13.1. The molecule has 24 heavy (non-hydrogen) atoms. The van der Waals surface area contributed by atoms with Gasteiger partial charge in [-0.2, -0.15) is 11.8 Å². The topological polar surface area (TPSA) is 72.4 Å². The highest BCUT2D eigenvalue weighted by Gasteiger charge is 2.13. The van der Waals surface area contributed by atoms with Gasteiger partial charge in [0.05, 0.1) is 11.7 Å². The van der Waals surface area contributed by atoms with Crippen molar-refractivity contribution in [3.8, 4) is 11.3 Å². The van der Waals surface area contributed by atoms with Crippen LogP contribution in [0.1, 0.15) is 6.42 Å². The molecule has 8 heteroatoms. The Morgan fingerprint density at radius 2 is 2.17 bits per heavy atom. The molecule has 3 N–H and O–H groups in total. The molecule has 5 nitrogen and oxygen atoms in total. The van der Waals surface area contributed by atoms with E-state index < -0.39 is 6.04 Å². The molecular weight excluding hydrogens is 364 g/mol. The Labute approximate surface area is 155 Å². The molecular formula is C16H19ClN4OS2. The third kappa shape index (κ3) is 4.30. The molecule has 0 bridgehead atoms. The van der Waals surface area contributed by atoms with Crippen LogP contribution in [0.2, 0.25) is 0 Å². The molecule has 1 amide bonds. The second-order valence-corrected chi connectivity index (χ2v) is 7.03. The zero-order valence-corrected chi connectivity index (χ0v) is 15.6. The molecule has 0 unspecified atom stereocenters. The summed E-state index contributed by atoms with van der Waals surface area (Å²) in [6, 6.07) is 7.19. The summed E-state index contributed by atoms with van der Waals surface area (Å²) in [4.78, 5) is 17.5. The molecule has 3 rings (SSSR count). The lowest BCUT2D eigenvalue weighted by molar-refractivity contribution is -0.117. The summed E-state index contributed by atoms with van der Waals surface area (Å²) in [7, 11) is 0. The van der Waals surface area contributed by atoms with Gasteiger partial charge in [0, 0.05) is 29.0 Å². The first kappa shape index (κ1) is 18.8. The molecule has 2 heterocycles. The number of fused-ring (bicyclic) bond motifs is 1. The van der Waals surface area contributed by atoms with Crippen molar-refractivity contribution in [3.63, 3.8) is 0 Å². The van der Waals surface area contributed by atoms with E-state index in [1.54, 1.807) is 23.1 Å². The molecule has 128 valence electrons. The van der Waals surface area contributed by atoms with E-state index in [1.807, 2.05) is 52.7 Å². The van der Waals surface area contributed by atoms with Crippen LogP contribution >= 0.6 is 35.5 Å². The average Bonchev–Trinajstić information content (AvgIpc) is 3.15. The van der Waals surface area contributed by atoms with Crippen LogP contribution in [0.3, 0.4) is 0 Å². The number of benzene rings is 1. The van der Waals surface area contributed by atoms with Crippen molar-refractivity contribution in [2.24, 2.45) is 5.73 Å². The first-order valence-electron chi connectivity index (χ1n) is 7.25. The molecule has 1 atom stereocenters. The first-order chi connectivity index (χ1) is 11.2. The number of halogens is 1. The van der Waals surface area contributed by atoms with Gasteiger partial charge in [0.15, 0.2) is 4.96 Å². The maximum absolute atomic E-state index is 12.0. The minimum atomic E-state index is -0.470. The van der Waals surface area contributed by atoms with Crippen LogP contribution < -0.4 is 11.1 Å². The van der Waals surface area contributed by atoms with Gasteiger partial charge in [-0.1, -0.05) is 12.1 Å². The summed E-state index contributed by atoms with van der Waals surface area (Å²) in [5.74, 6) is 0.736. The predicted molar refractivity (Wildman–Crippen MR) is 105 cm³/mol. The van der Waals surface area contributed by atoms with Gasteiger partial charge in [0.2, 0.25) is 5.91 Å². The highest BCUT2D eigenvalue weighted by Crippen LogP contribution is 2.23. The second kappa shape index (κ2) is 8.53. The van der Waals surface area contributed by atoms with E-state index >= 15 is 0 Å². The van der Waals surface area contributed by atoms with Crippen LogP contribution in [0.15, 0.2) is 42.0 Å². The monoisotopic (exact) mass is 382 g/mol. The molecule has 3 aromatic rings. The smallest absolute Gasteiger partial charge is 0.241 e. The molecule has 0 aliphatic rings. The summed E-state index contributed by atoms with van der Waals surface area (Å²) in [5, 5.41) is 4.86. The summed E-state index contributed by atoms with van der Waals surface area (Å²) in [6.45, 7) is 0. The number of carbonyl (C=O) groups excluding carboxylic acids is 1. The SMILES string of the molecule is CSCC[C@H](N)C(=O)Nc1ccc(-c2cn3ccsc3n2)cc1.Cl. The number of amides is 1. The maximum atomic E-state index is 12.0. The van der Waals surface area contributed by atoms with E-state index in [1.165, 1.54) is 0 Å². The number of anilines is 1. The number of thiazole rings is 1. The molecule has 0 aliphatic heterocycles. The van der Waals surface area contributed by atoms with Gasteiger partial charge < -0.3 is 11.1 Å². The van der Waals surface area contributed by atoms with Crippen molar-refractivity contribution in [3.05, 3.63) is 42.0 Å². The van der Waals surface area contributed by atoms with Crippen LogP contribution in [0, 0.1) is 0 Å². The Hall–Kier alpha value is -1.54. The average molecular weight is 383 g/mol. The van der Waals surface area contributed by atoms with Crippen molar-refractivity contribution in [2.75, 3.05) is 17.3 Å². The number of hydrogen-bond donors (Lipinski definition) is 2. The summed E-state index contributed by atoms with van der Waals surface area (Å²) < 4.78 is 2.00. The Morgan fingerprint density at radius 1 is 1.42 bits per heavy atom. The third-order valence-corrected chi connectivity index (χ3v) is 4.93. The number of carbonyl (C=O) groups is 1. The van der Waals surface area contributed by atoms with Gasteiger partial charge in [0.25, 0.3) is 0 Å². The number of imidazole rings is 1. The normalized spacial score (nSPS) is 11.9. The van der Waals surface area contributed by atoms with Crippen molar-refractivity contribution in [2.45, 2.75) is 12.5 Å². The van der Waals surface area contributed by atoms with Gasteiger partial charge in [-0.15, -0.1) is 23.7 Å². The standard InChI is InChI=1S/C16H18N4OS2.ClH/c1-22-8-6-13(17)15(21)18-12-4-2-11(3-5-12)14-10-20-7-9-23-16(20)19-14;/h2-5,7,9-10,13H,6,8,17H2,1H3,(H,18,21);1H/t13-;/m0./s1. The molecule has 0 spiro atoms. The predicted octanol–water partition coefficient (Wildman–Crippen LogP) is 3.50. The number of nitrogens with two attached hydrogens (primary N) is 1. The molecule has 0 saturated carbocycles. The van der Waals surface area contributed by atoms with Gasteiger partial charge in [-0.05, 0) is 30.6 Å². The molecule has 0 saturated heterocycles. The molecule has 2 aromatic heterocycles. The Balaban J connectivity index is 0.00000208. The summed E-state index contributed by atoms with van der Waals surface area (Å²) in [6.07, 6.45) is 6.67. The van der Waals surface area contributed by atoms with Crippen molar-refractivity contribution < 1.29 is 4.79 Å². The van der Waals surface area contributed by atoms with Crippen LogP contribution in [-0.4, -0.2) is 33.3 Å². The fraction of sp³-hybridized carbons (Fsp3) is 0.250. The second-order valence-electron chi connectivity index (χ2n) is 5.17. The van der Waals surface area contributed by atoms with Crippen molar-refractivity contribution in [1.82, 2.24) is 9.38 Å². The zero-order chi connectivity index (χ0) is 16.2. The molecule has 0 fully saturated rings. The minimum Gasteiger partial charge on any atom is -0.325 e. The number of hydrogen-bond acceptors (Lipinski definition) is 5. The fourth-order valence-corrected chi connectivity index (χ4v) is 3.39. The minimum absolute atomic E-state index is 0. The van der Waals surface area contributed by atoms with E-state index in [2.05, 4.69) is 10.3 Å². The lowest BCUT2D eigenvalue weighted by atomic mass is 10.1. The number of nitrogens with one attached hydrogen (secondary N) is 1. The molecule has 0 aliphatic carbocycles. The van der Waals surface area contributed by atoms with E-state index in [4.69, 9.17) is 5.73 Å². The van der Waals surface area contributed by atoms with Gasteiger partial charge >= 0.3 is 0 Å². The fourth-order valence-electron chi connectivity index (χ4n) is 2.20. The molecule has 1 aromatic carbocycles. The first-order valence-corrected chi connectivity index (χ1v) is 9.53. The summed E-state index contributed by atoms with van der Waals surface area (Å²) >= 11 is 3.29. The van der Waals surface area contributed by atoms with E-state index in [0.29, 0.717) is 6.42 Å². The lowest BCUT2D eigenvalue weighted by Gasteiger charge is -2.11. The Morgan fingerprint density at radius 3 is 2.83 bits per heavy atom. The quantitative estimate of drug-likeness (QED) is 0.684. The van der Waals surface area contributed by atoms with Crippen LogP contribution in [0.25, 0.3) is 16.2 Å². The van der Waals surface area contributed by atoms with Crippen LogP contribution in [0.4, 0.5) is 5.69 Å². The van der Waals surface area contributed by atoms with Crippen molar-refractivity contribution in [1.29, 1.82) is 0 Å². The van der Waals surface area contributed by atoms with Crippen LogP contribution in [0.5, 0.6) is 0 Å². The highest BCUT2D eigenvalue weighted by atomic mass is 35.5. The lowest BCUT2D eigenvalue weighted by Crippen LogP contribution is -2.36. The number of rotatable bonds is 6. The maximum Gasteiger partial charge on any atom is 0.241 e. The van der Waals surface area contributed by atoms with Crippen LogP contribution in [-0.2, 0) is 4.79 Å². The number of nitrogens with zero attached hydrogens (tertiary/aromatic N) is 2. The Kier molecular flexibility index (Phi) is 6.68. The summed E-state index contributed by atoms with van der Waals surface area (Å²) in [5.41, 5.74) is 8.56. The number of thioether (sulfide) groups is 1. The van der Waals surface area contributed by atoms with E-state index in [9.17, 15) is 4.79 Å². The van der Waals surface area contributed by atoms with Gasteiger partial charge in [0.1, 0.15) is 0 Å². The van der Waals surface area contributed by atoms with Gasteiger partial charge in [-0.3, -0.25) is 9.20 Å². The Bertz CT molecular complexity index is 771. The van der Waals surface area contributed by atoms with E-state index in [0.717, 1.165) is 27.7 Å². The molecule has 0 radical (unpaired) electrons. The number of aromatic nitrogens is 2.